The molecular formula is C21H23N5O. The van der Waals surface area contributed by atoms with Gasteiger partial charge in [-0.15, -0.1) is 0 Å². The van der Waals surface area contributed by atoms with Crippen LogP contribution in [0.15, 0.2) is 66.7 Å². The van der Waals surface area contributed by atoms with Crippen molar-refractivity contribution in [2.45, 2.75) is 0 Å². The van der Waals surface area contributed by atoms with Gasteiger partial charge in [0.15, 0.2) is 0 Å². The molecule has 0 amide bonds. The zero-order chi connectivity index (χ0) is 19.8. The van der Waals surface area contributed by atoms with E-state index in [-0.39, 0.29) is 5.84 Å². The quantitative estimate of drug-likeness (QED) is 0.206. The lowest BCUT2D eigenvalue weighted by atomic mass is 10.0. The van der Waals surface area contributed by atoms with E-state index in [4.69, 9.17) is 16.9 Å². The monoisotopic (exact) mass is 361 g/mol. The Labute approximate surface area is 158 Å². The highest BCUT2D eigenvalue weighted by Crippen LogP contribution is 2.28. The fourth-order valence-electron chi connectivity index (χ4n) is 2.56. The second-order valence-corrected chi connectivity index (χ2v) is 5.66. The number of hydrogen-bond donors (Lipinski definition) is 5. The second-order valence-electron chi connectivity index (χ2n) is 5.66. The molecule has 0 saturated carbocycles. The zero-order valence-corrected chi connectivity index (χ0v) is 15.1. The minimum Gasteiger partial charge on any atom is -0.397 e. The first-order valence-electron chi connectivity index (χ1n) is 8.31. The summed E-state index contributed by atoms with van der Waals surface area (Å²) in [5, 5.41) is 10.8. The van der Waals surface area contributed by atoms with Crippen molar-refractivity contribution in [3.8, 4) is 11.1 Å². The van der Waals surface area contributed by atoms with E-state index in [1.807, 2.05) is 42.5 Å². The zero-order valence-electron chi connectivity index (χ0n) is 15.1. The molecule has 6 nitrogen and oxygen atoms in total. The molecule has 0 aliphatic heterocycles. The number of aldehydes is 1. The molecule has 0 aliphatic carbocycles. The van der Waals surface area contributed by atoms with Gasteiger partial charge in [-0.2, -0.15) is 0 Å². The fourth-order valence-corrected chi connectivity index (χ4v) is 2.56. The number of nitrogens with one attached hydrogen (secondary N) is 2. The molecule has 0 atom stereocenters. The molecule has 3 rings (SSSR count). The van der Waals surface area contributed by atoms with Gasteiger partial charge < -0.3 is 22.5 Å². The van der Waals surface area contributed by atoms with Crippen molar-refractivity contribution in [2.24, 2.45) is 11.5 Å². The Morgan fingerprint density at radius 2 is 1.63 bits per heavy atom. The van der Waals surface area contributed by atoms with Gasteiger partial charge in [-0.1, -0.05) is 30.3 Å². The lowest BCUT2D eigenvalue weighted by Crippen LogP contribution is -2.11. The molecule has 3 aromatic carbocycles. The minimum atomic E-state index is -0.0116. The van der Waals surface area contributed by atoms with Crippen molar-refractivity contribution in [3.05, 3.63) is 77.9 Å². The number of anilines is 3. The Balaban J connectivity index is 0.00000126. The van der Waals surface area contributed by atoms with Crippen LogP contribution in [-0.4, -0.2) is 19.2 Å². The molecule has 3 aromatic rings. The molecule has 0 bridgehead atoms. The van der Waals surface area contributed by atoms with Gasteiger partial charge in [-0.3, -0.25) is 10.2 Å². The van der Waals surface area contributed by atoms with E-state index in [2.05, 4.69) is 11.1 Å². The third-order valence-electron chi connectivity index (χ3n) is 3.86. The molecular weight excluding hydrogens is 338 g/mol. The molecule has 0 heterocycles. The van der Waals surface area contributed by atoms with Gasteiger partial charge in [0.25, 0.3) is 0 Å². The summed E-state index contributed by atoms with van der Waals surface area (Å²) in [5.41, 5.74) is 21.3. The lowest BCUT2D eigenvalue weighted by Gasteiger charge is -2.12. The minimum absolute atomic E-state index is 0.0116. The third kappa shape index (κ3) is 4.93. The summed E-state index contributed by atoms with van der Waals surface area (Å²) >= 11 is 0. The van der Waals surface area contributed by atoms with Crippen LogP contribution < -0.4 is 22.5 Å². The van der Waals surface area contributed by atoms with E-state index in [1.165, 1.54) is 7.05 Å². The highest BCUT2D eigenvalue weighted by atomic mass is 16.1. The smallest absolute Gasteiger partial charge is 0.150 e. The third-order valence-corrected chi connectivity index (χ3v) is 3.86. The van der Waals surface area contributed by atoms with Crippen molar-refractivity contribution in [1.82, 2.24) is 0 Å². The molecule has 0 spiro atoms. The van der Waals surface area contributed by atoms with Crippen LogP contribution in [0.25, 0.3) is 11.1 Å². The van der Waals surface area contributed by atoms with Gasteiger partial charge in [0.2, 0.25) is 0 Å². The number of benzene rings is 3. The van der Waals surface area contributed by atoms with E-state index in [9.17, 15) is 4.79 Å². The maximum Gasteiger partial charge on any atom is 0.150 e. The first kappa shape index (κ1) is 19.7. The highest BCUT2D eigenvalue weighted by molar-refractivity contribution is 5.97. The van der Waals surface area contributed by atoms with Gasteiger partial charge in [-0.05, 0) is 54.6 Å². The summed E-state index contributed by atoms with van der Waals surface area (Å²) in [4.78, 5) is 11.0. The van der Waals surface area contributed by atoms with Crippen molar-refractivity contribution < 1.29 is 4.79 Å². The Kier molecular flexibility index (Phi) is 6.68. The van der Waals surface area contributed by atoms with Gasteiger partial charge in [0.1, 0.15) is 12.1 Å². The first-order chi connectivity index (χ1) is 13.1. The van der Waals surface area contributed by atoms with Crippen LogP contribution in [0.1, 0.15) is 15.9 Å². The average molecular weight is 361 g/mol. The maximum absolute atomic E-state index is 11.0. The highest BCUT2D eigenvalue weighted by Gasteiger charge is 2.05. The molecule has 0 saturated heterocycles. The van der Waals surface area contributed by atoms with Crippen LogP contribution in [0.3, 0.4) is 0 Å². The van der Waals surface area contributed by atoms with E-state index < -0.39 is 0 Å². The van der Waals surface area contributed by atoms with Gasteiger partial charge in [-0.25, -0.2) is 0 Å². The number of carbonyl (C=O) groups is 1. The van der Waals surface area contributed by atoms with Crippen molar-refractivity contribution in [3.63, 3.8) is 0 Å². The number of rotatable bonds is 5. The normalized spacial score (nSPS) is 9.70. The number of hydrogen-bond acceptors (Lipinski definition) is 5. The number of amidine groups is 1. The van der Waals surface area contributed by atoms with Gasteiger partial charge in [0, 0.05) is 16.8 Å². The largest absolute Gasteiger partial charge is 0.397 e. The van der Waals surface area contributed by atoms with Crippen LogP contribution in [-0.2, 0) is 0 Å². The summed E-state index contributed by atoms with van der Waals surface area (Å²) in [6.45, 7) is 0. The SMILES string of the molecule is CN.N=C(N)c1ccc(N)c(Nc2cccc(-c3cccc(C=O)c3)c2)c1. The Hall–Kier alpha value is -3.64. The van der Waals surface area contributed by atoms with Crippen LogP contribution in [0.5, 0.6) is 0 Å². The van der Waals surface area contributed by atoms with Gasteiger partial charge in [0.05, 0.1) is 11.4 Å². The molecule has 0 unspecified atom stereocenters. The number of carbonyl (C=O) groups excluding carboxylic acids is 1. The Morgan fingerprint density at radius 1 is 0.963 bits per heavy atom. The topological polar surface area (TPSA) is 131 Å². The van der Waals surface area contributed by atoms with Crippen LogP contribution in [0, 0.1) is 5.41 Å². The fraction of sp³-hybridized carbons (Fsp3) is 0.0476. The van der Waals surface area contributed by atoms with Crippen molar-refractivity contribution in [2.75, 3.05) is 18.1 Å². The molecule has 6 heteroatoms. The van der Waals surface area contributed by atoms with Crippen molar-refractivity contribution in [1.29, 1.82) is 5.41 Å². The number of nitrogen functional groups attached to an aromatic ring is 2. The van der Waals surface area contributed by atoms with Gasteiger partial charge >= 0.3 is 0 Å². The summed E-state index contributed by atoms with van der Waals surface area (Å²) in [6, 6.07) is 20.4. The molecule has 0 aliphatic rings. The molecule has 0 fully saturated rings. The molecule has 0 radical (unpaired) electrons. The standard InChI is InChI=1S/C20H18N4O.CH5N/c21-18-8-7-16(20(22)23)11-19(18)24-17-6-2-5-15(10-17)14-4-1-3-13(9-14)12-25;1-2/h1-12,24H,21H2,(H3,22,23);2H2,1H3. The maximum atomic E-state index is 11.0. The summed E-state index contributed by atoms with van der Waals surface area (Å²) in [5.74, 6) is -0.0116. The molecule has 27 heavy (non-hydrogen) atoms. The van der Waals surface area contributed by atoms with E-state index in [1.54, 1.807) is 24.3 Å². The van der Waals surface area contributed by atoms with Crippen LogP contribution in [0.4, 0.5) is 17.1 Å². The molecule has 8 N–H and O–H groups in total. The first-order valence-corrected chi connectivity index (χ1v) is 8.31. The summed E-state index contributed by atoms with van der Waals surface area (Å²) < 4.78 is 0. The number of nitrogens with two attached hydrogens (primary N) is 3. The summed E-state index contributed by atoms with van der Waals surface area (Å²) in [6.07, 6.45) is 0.833. The van der Waals surface area contributed by atoms with E-state index in [0.717, 1.165) is 23.1 Å². The Bertz CT molecular complexity index is 953. The van der Waals surface area contributed by atoms with E-state index in [0.29, 0.717) is 22.5 Å². The predicted octanol–water partition coefficient (Wildman–Crippen LogP) is 3.35. The average Bonchev–Trinajstić information content (AvgIpc) is 2.71. The van der Waals surface area contributed by atoms with Crippen molar-refractivity contribution >= 4 is 29.2 Å². The van der Waals surface area contributed by atoms with Crippen LogP contribution >= 0.6 is 0 Å². The molecule has 0 aromatic heterocycles. The summed E-state index contributed by atoms with van der Waals surface area (Å²) in [7, 11) is 1.50. The van der Waals surface area contributed by atoms with Crippen LogP contribution in [0.2, 0.25) is 0 Å². The second kappa shape index (κ2) is 9.17. The Morgan fingerprint density at radius 3 is 2.30 bits per heavy atom. The molecule has 138 valence electrons. The lowest BCUT2D eigenvalue weighted by molar-refractivity contribution is 0.112. The predicted molar refractivity (Wildman–Crippen MR) is 113 cm³/mol. The van der Waals surface area contributed by atoms with E-state index >= 15 is 0 Å².